The highest BCUT2D eigenvalue weighted by Crippen LogP contribution is 2.30. The van der Waals surface area contributed by atoms with Crippen LogP contribution in [0.3, 0.4) is 0 Å². The molecular weight excluding hydrogens is 418 g/mol. The van der Waals surface area contributed by atoms with E-state index in [-0.39, 0.29) is 29.0 Å². The summed E-state index contributed by atoms with van der Waals surface area (Å²) in [5, 5.41) is 2.76. The molecule has 2 aromatic rings. The predicted octanol–water partition coefficient (Wildman–Crippen LogP) is 1.77. The monoisotopic (exact) mass is 443 g/mol. The molecule has 8 nitrogen and oxygen atoms in total. The Morgan fingerprint density at radius 1 is 1.00 bits per heavy atom. The summed E-state index contributed by atoms with van der Waals surface area (Å²) >= 11 is 0. The van der Waals surface area contributed by atoms with Crippen LogP contribution in [0.15, 0.2) is 59.5 Å². The summed E-state index contributed by atoms with van der Waals surface area (Å²) in [7, 11) is -4.13. The average Bonchev–Trinajstić information content (AvgIpc) is 2.92. The third kappa shape index (κ3) is 4.61. The normalized spacial score (nSPS) is 15.5. The van der Waals surface area contributed by atoms with Gasteiger partial charge in [-0.05, 0) is 38.5 Å². The molecule has 1 atom stereocenters. The number of hydrogen-bond donors (Lipinski definition) is 1. The second-order valence-electron chi connectivity index (χ2n) is 7.66. The van der Waals surface area contributed by atoms with Crippen LogP contribution in [0.25, 0.3) is 0 Å². The van der Waals surface area contributed by atoms with E-state index in [1.54, 1.807) is 39.0 Å². The molecule has 9 heteroatoms. The number of carbonyl (C=O) groups excluding carboxylic acids is 3. The minimum absolute atomic E-state index is 0.0375. The SMILES string of the molecule is CC(C)NC(=O)[C@H](C)N(Cc1ccccc1)C(=O)CN1C(=O)c2ccccc2S1(=O)=O. The zero-order chi connectivity index (χ0) is 22.8. The van der Waals surface area contributed by atoms with Gasteiger partial charge in [0.25, 0.3) is 15.9 Å². The van der Waals surface area contributed by atoms with Crippen LogP contribution in [0.4, 0.5) is 0 Å². The lowest BCUT2D eigenvalue weighted by atomic mass is 10.1. The van der Waals surface area contributed by atoms with E-state index in [0.717, 1.165) is 5.56 Å². The van der Waals surface area contributed by atoms with E-state index in [9.17, 15) is 22.8 Å². The van der Waals surface area contributed by atoms with Crippen molar-refractivity contribution in [2.75, 3.05) is 6.54 Å². The maximum atomic E-state index is 13.2. The van der Waals surface area contributed by atoms with Gasteiger partial charge in [0.1, 0.15) is 17.5 Å². The van der Waals surface area contributed by atoms with Crippen LogP contribution in [-0.4, -0.2) is 54.0 Å². The van der Waals surface area contributed by atoms with E-state index in [2.05, 4.69) is 5.32 Å². The molecule has 0 unspecified atom stereocenters. The molecule has 3 amide bonds. The topological polar surface area (TPSA) is 104 Å². The predicted molar refractivity (Wildman–Crippen MR) is 114 cm³/mol. The second-order valence-corrected chi connectivity index (χ2v) is 9.49. The molecule has 164 valence electrons. The molecule has 2 aromatic carbocycles. The summed E-state index contributed by atoms with van der Waals surface area (Å²) in [5.41, 5.74) is 0.814. The first-order valence-electron chi connectivity index (χ1n) is 9.92. The molecule has 1 heterocycles. The molecular formula is C22H25N3O5S. The summed E-state index contributed by atoms with van der Waals surface area (Å²) in [6, 6.07) is 13.9. The lowest BCUT2D eigenvalue weighted by molar-refractivity contribution is -0.140. The minimum Gasteiger partial charge on any atom is -0.352 e. The van der Waals surface area contributed by atoms with Crippen molar-refractivity contribution < 1.29 is 22.8 Å². The van der Waals surface area contributed by atoms with Crippen LogP contribution in [-0.2, 0) is 26.2 Å². The van der Waals surface area contributed by atoms with Gasteiger partial charge in [-0.15, -0.1) is 0 Å². The van der Waals surface area contributed by atoms with Gasteiger partial charge in [-0.3, -0.25) is 14.4 Å². The highest BCUT2D eigenvalue weighted by molar-refractivity contribution is 7.90. The van der Waals surface area contributed by atoms with Crippen molar-refractivity contribution in [1.29, 1.82) is 0 Å². The largest absolute Gasteiger partial charge is 0.352 e. The molecule has 0 aromatic heterocycles. The number of benzene rings is 2. The fourth-order valence-electron chi connectivity index (χ4n) is 3.37. The van der Waals surface area contributed by atoms with Crippen LogP contribution in [0.2, 0.25) is 0 Å². The highest BCUT2D eigenvalue weighted by Gasteiger charge is 2.43. The number of amides is 3. The molecule has 0 radical (unpaired) electrons. The van der Waals surface area contributed by atoms with E-state index >= 15 is 0 Å². The third-order valence-electron chi connectivity index (χ3n) is 4.98. The van der Waals surface area contributed by atoms with Gasteiger partial charge < -0.3 is 10.2 Å². The molecule has 1 aliphatic heterocycles. The molecule has 1 N–H and O–H groups in total. The Bertz CT molecular complexity index is 1100. The molecule has 0 spiro atoms. The fraction of sp³-hybridized carbons (Fsp3) is 0.318. The van der Waals surface area contributed by atoms with Gasteiger partial charge in [-0.2, -0.15) is 0 Å². The number of nitrogens with zero attached hydrogens (tertiary/aromatic N) is 2. The van der Waals surface area contributed by atoms with E-state index in [4.69, 9.17) is 0 Å². The maximum Gasteiger partial charge on any atom is 0.269 e. The first kappa shape index (κ1) is 22.5. The smallest absolute Gasteiger partial charge is 0.269 e. The molecule has 0 saturated heterocycles. The Balaban J connectivity index is 1.88. The lowest BCUT2D eigenvalue weighted by Gasteiger charge is -2.30. The summed E-state index contributed by atoms with van der Waals surface area (Å²) < 4.78 is 26.2. The van der Waals surface area contributed by atoms with Crippen molar-refractivity contribution >= 4 is 27.7 Å². The summed E-state index contributed by atoms with van der Waals surface area (Å²) in [6.07, 6.45) is 0. The molecule has 0 saturated carbocycles. The summed E-state index contributed by atoms with van der Waals surface area (Å²) in [6.45, 7) is 4.61. The van der Waals surface area contributed by atoms with Gasteiger partial charge in [0, 0.05) is 12.6 Å². The Labute approximate surface area is 181 Å². The van der Waals surface area contributed by atoms with Crippen molar-refractivity contribution in [3.63, 3.8) is 0 Å². The Kier molecular flexibility index (Phi) is 6.45. The quantitative estimate of drug-likeness (QED) is 0.702. The van der Waals surface area contributed by atoms with Crippen LogP contribution < -0.4 is 5.32 Å². The standard InChI is InChI=1S/C22H25N3O5S/c1-15(2)23-21(27)16(3)24(13-17-9-5-4-6-10-17)20(26)14-25-22(28)18-11-7-8-12-19(18)31(25,29)30/h4-12,15-16H,13-14H2,1-3H3,(H,23,27)/t16-/m0/s1. The van der Waals surface area contributed by atoms with Crippen LogP contribution >= 0.6 is 0 Å². The number of hydrogen-bond acceptors (Lipinski definition) is 5. The summed E-state index contributed by atoms with van der Waals surface area (Å²) in [5.74, 6) is -1.75. The zero-order valence-electron chi connectivity index (χ0n) is 17.6. The maximum absolute atomic E-state index is 13.2. The second kappa shape index (κ2) is 8.89. The van der Waals surface area contributed by atoms with Crippen molar-refractivity contribution in [2.45, 2.75) is 44.3 Å². The lowest BCUT2D eigenvalue weighted by Crippen LogP contribution is -2.52. The first-order valence-corrected chi connectivity index (χ1v) is 11.4. The molecule has 1 aliphatic rings. The van der Waals surface area contributed by atoms with E-state index in [1.165, 1.54) is 23.1 Å². The third-order valence-corrected chi connectivity index (χ3v) is 6.77. The van der Waals surface area contributed by atoms with Crippen molar-refractivity contribution in [3.8, 4) is 0 Å². The zero-order valence-corrected chi connectivity index (χ0v) is 18.4. The van der Waals surface area contributed by atoms with E-state index in [1.807, 2.05) is 18.2 Å². The number of carbonyl (C=O) groups is 3. The van der Waals surface area contributed by atoms with Crippen molar-refractivity contribution in [3.05, 3.63) is 65.7 Å². The number of fused-ring (bicyclic) bond motifs is 1. The van der Waals surface area contributed by atoms with Gasteiger partial charge in [-0.1, -0.05) is 42.5 Å². The van der Waals surface area contributed by atoms with Gasteiger partial charge >= 0.3 is 0 Å². The van der Waals surface area contributed by atoms with E-state index in [0.29, 0.717) is 4.31 Å². The first-order chi connectivity index (χ1) is 14.6. The molecule has 0 bridgehead atoms. The molecule has 0 aliphatic carbocycles. The van der Waals surface area contributed by atoms with Gasteiger partial charge in [-0.25, -0.2) is 12.7 Å². The average molecular weight is 444 g/mol. The Morgan fingerprint density at radius 3 is 2.23 bits per heavy atom. The Hall–Kier alpha value is -3.20. The highest BCUT2D eigenvalue weighted by atomic mass is 32.2. The van der Waals surface area contributed by atoms with Gasteiger partial charge in [0.2, 0.25) is 11.8 Å². The van der Waals surface area contributed by atoms with Crippen LogP contribution in [0, 0.1) is 0 Å². The van der Waals surface area contributed by atoms with Gasteiger partial charge in [0.15, 0.2) is 0 Å². The molecule has 31 heavy (non-hydrogen) atoms. The van der Waals surface area contributed by atoms with Crippen LogP contribution in [0.5, 0.6) is 0 Å². The van der Waals surface area contributed by atoms with E-state index < -0.39 is 34.4 Å². The Morgan fingerprint density at radius 2 is 1.61 bits per heavy atom. The minimum atomic E-state index is -4.13. The number of sulfonamides is 1. The molecule has 3 rings (SSSR count). The fourth-order valence-corrected chi connectivity index (χ4v) is 4.89. The van der Waals surface area contributed by atoms with Crippen molar-refractivity contribution in [2.24, 2.45) is 0 Å². The molecule has 0 fully saturated rings. The number of rotatable bonds is 7. The summed E-state index contributed by atoms with van der Waals surface area (Å²) in [4.78, 5) is 39.6. The van der Waals surface area contributed by atoms with Crippen molar-refractivity contribution in [1.82, 2.24) is 14.5 Å². The number of nitrogens with one attached hydrogen (secondary N) is 1. The van der Waals surface area contributed by atoms with Crippen LogP contribution in [0.1, 0.15) is 36.7 Å². The van der Waals surface area contributed by atoms with Gasteiger partial charge in [0.05, 0.1) is 5.56 Å².